The molecule has 8 aromatic rings. The highest BCUT2D eigenvalue weighted by molar-refractivity contribution is 7.04. The first-order valence-corrected chi connectivity index (χ1v) is 19.8. The van der Waals surface area contributed by atoms with Crippen molar-refractivity contribution in [2.24, 2.45) is 0 Å². The molecular formula is C45H33N3Si. The molecule has 232 valence electrons. The molecule has 2 heterocycles. The van der Waals surface area contributed by atoms with Gasteiger partial charge in [0.2, 0.25) is 0 Å². The second kappa shape index (κ2) is 11.6. The highest BCUT2D eigenvalue weighted by Crippen LogP contribution is 2.37. The Balaban J connectivity index is 1.22. The number of fused-ring (bicyclic) bond motifs is 4. The summed E-state index contributed by atoms with van der Waals surface area (Å²) in [6, 6.07) is 58.2. The van der Waals surface area contributed by atoms with E-state index in [0.717, 1.165) is 33.4 Å². The number of nitrogens with zero attached hydrogens (tertiary/aromatic N) is 3. The first-order chi connectivity index (χ1) is 24.0. The molecular weight excluding hydrogens is 611 g/mol. The third-order valence-corrected chi connectivity index (χ3v) is 13.5. The van der Waals surface area contributed by atoms with Crippen molar-refractivity contribution in [3.8, 4) is 67.5 Å². The van der Waals surface area contributed by atoms with Crippen molar-refractivity contribution in [1.29, 1.82) is 0 Å². The Morgan fingerprint density at radius 2 is 0.918 bits per heavy atom. The van der Waals surface area contributed by atoms with Crippen LogP contribution in [0.1, 0.15) is 0 Å². The monoisotopic (exact) mass is 643 g/mol. The van der Waals surface area contributed by atoms with Gasteiger partial charge in [-0.2, -0.15) is 0 Å². The predicted octanol–water partition coefficient (Wildman–Crippen LogP) is 10.2. The molecule has 4 heteroatoms. The molecule has 0 unspecified atom stereocenters. The van der Waals surface area contributed by atoms with Gasteiger partial charge in [-0.3, -0.25) is 0 Å². The van der Waals surface area contributed by atoms with Crippen LogP contribution in [0, 0.1) is 0 Å². The zero-order valence-electron chi connectivity index (χ0n) is 27.4. The summed E-state index contributed by atoms with van der Waals surface area (Å²) in [5.74, 6) is 2.02. The zero-order chi connectivity index (χ0) is 33.0. The molecule has 0 fully saturated rings. The first-order valence-electron chi connectivity index (χ1n) is 16.8. The summed E-state index contributed by atoms with van der Waals surface area (Å²) in [5, 5.41) is 5.37. The molecule has 3 nitrogen and oxygen atoms in total. The van der Waals surface area contributed by atoms with E-state index in [1.54, 1.807) is 0 Å². The number of hydrogen-bond donors (Lipinski definition) is 0. The van der Waals surface area contributed by atoms with Crippen LogP contribution in [0.5, 0.6) is 0 Å². The Morgan fingerprint density at radius 3 is 1.78 bits per heavy atom. The zero-order valence-corrected chi connectivity index (χ0v) is 28.4. The Kier molecular flexibility index (Phi) is 6.92. The maximum atomic E-state index is 5.22. The summed E-state index contributed by atoms with van der Waals surface area (Å²) in [6.07, 6.45) is 0. The minimum Gasteiger partial charge on any atom is -0.208 e. The van der Waals surface area contributed by atoms with Crippen LogP contribution in [-0.4, -0.2) is 23.0 Å². The van der Waals surface area contributed by atoms with Gasteiger partial charge in [-0.1, -0.05) is 171 Å². The van der Waals surface area contributed by atoms with Gasteiger partial charge in [0.15, 0.2) is 17.5 Å². The van der Waals surface area contributed by atoms with E-state index in [1.165, 1.54) is 37.8 Å². The van der Waals surface area contributed by atoms with Gasteiger partial charge in [-0.15, -0.1) is 0 Å². The summed E-state index contributed by atoms with van der Waals surface area (Å²) in [4.78, 5) is 15.6. The van der Waals surface area contributed by atoms with E-state index in [-0.39, 0.29) is 0 Å². The van der Waals surface area contributed by atoms with E-state index >= 15 is 0 Å². The summed E-state index contributed by atoms with van der Waals surface area (Å²) in [5.41, 5.74) is 10.2. The van der Waals surface area contributed by atoms with Crippen molar-refractivity contribution in [3.63, 3.8) is 0 Å². The van der Waals surface area contributed by atoms with Gasteiger partial charge in [0, 0.05) is 16.7 Å². The number of aromatic nitrogens is 3. The Morgan fingerprint density at radius 1 is 0.367 bits per heavy atom. The Bertz CT molecular complexity index is 2510. The molecule has 0 aliphatic carbocycles. The maximum Gasteiger partial charge on any atom is 0.164 e. The van der Waals surface area contributed by atoms with Crippen LogP contribution < -0.4 is 10.4 Å². The number of benzene rings is 7. The van der Waals surface area contributed by atoms with Crippen LogP contribution in [0.3, 0.4) is 0 Å². The fourth-order valence-electron chi connectivity index (χ4n) is 7.44. The lowest BCUT2D eigenvalue weighted by Crippen LogP contribution is -2.49. The summed E-state index contributed by atoms with van der Waals surface area (Å²) in [6.45, 7) is 4.89. The third kappa shape index (κ3) is 5.00. The maximum absolute atomic E-state index is 5.22. The van der Waals surface area contributed by atoms with E-state index in [9.17, 15) is 0 Å². The quantitative estimate of drug-likeness (QED) is 0.175. The lowest BCUT2D eigenvalue weighted by atomic mass is 9.97. The van der Waals surface area contributed by atoms with Gasteiger partial charge in [0.25, 0.3) is 0 Å². The normalized spacial score (nSPS) is 12.9. The SMILES string of the molecule is C[Si]1(C)c2ccccc2-c2c(-c3nc(-c4ccc(-c5cccc6ccccc56)cc4)nc(-c4cccc(-c5ccccc5)c4)n3)cccc21. The van der Waals surface area contributed by atoms with Gasteiger partial charge < -0.3 is 0 Å². The van der Waals surface area contributed by atoms with Crippen molar-refractivity contribution < 1.29 is 0 Å². The van der Waals surface area contributed by atoms with Crippen molar-refractivity contribution in [1.82, 2.24) is 15.0 Å². The van der Waals surface area contributed by atoms with Gasteiger partial charge in [0.1, 0.15) is 8.07 Å². The smallest absolute Gasteiger partial charge is 0.164 e. The molecule has 0 saturated carbocycles. The molecule has 1 aromatic heterocycles. The average molecular weight is 644 g/mol. The van der Waals surface area contributed by atoms with Gasteiger partial charge in [-0.25, -0.2) is 15.0 Å². The summed E-state index contributed by atoms with van der Waals surface area (Å²) < 4.78 is 0. The van der Waals surface area contributed by atoms with Crippen LogP contribution in [0.15, 0.2) is 164 Å². The Labute approximate surface area is 287 Å². The molecule has 0 saturated heterocycles. The average Bonchev–Trinajstić information content (AvgIpc) is 3.41. The van der Waals surface area contributed by atoms with Crippen molar-refractivity contribution >= 4 is 29.2 Å². The highest BCUT2D eigenvalue weighted by atomic mass is 28.3. The van der Waals surface area contributed by atoms with Crippen molar-refractivity contribution in [3.05, 3.63) is 164 Å². The standard InChI is InChI=1S/C45H33N3Si/c1-49(2)40-23-9-8-20-38(40)42-39(22-12-24-41(42)49)45-47-43(46-44(48-45)35-18-10-17-34(29-35)30-13-4-3-5-14-30)33-27-25-32(26-28-33)37-21-11-16-31-15-6-7-19-36(31)37/h3-29H,1-2H3. The predicted molar refractivity (Wildman–Crippen MR) is 207 cm³/mol. The molecule has 0 bridgehead atoms. The molecule has 0 N–H and O–H groups in total. The summed E-state index contributed by atoms with van der Waals surface area (Å²) in [7, 11) is -1.88. The second-order valence-corrected chi connectivity index (χ2v) is 17.6. The molecule has 49 heavy (non-hydrogen) atoms. The minimum atomic E-state index is -1.88. The van der Waals surface area contributed by atoms with Crippen LogP contribution in [0.25, 0.3) is 78.3 Å². The topological polar surface area (TPSA) is 38.7 Å². The van der Waals surface area contributed by atoms with Crippen molar-refractivity contribution in [2.45, 2.75) is 13.1 Å². The fourth-order valence-corrected chi connectivity index (χ4v) is 10.5. The van der Waals surface area contributed by atoms with Crippen molar-refractivity contribution in [2.75, 3.05) is 0 Å². The van der Waals surface area contributed by atoms with E-state index in [4.69, 9.17) is 15.0 Å². The molecule has 0 atom stereocenters. The molecule has 1 aliphatic heterocycles. The number of hydrogen-bond acceptors (Lipinski definition) is 3. The molecule has 7 aromatic carbocycles. The van der Waals surface area contributed by atoms with Crippen LogP contribution in [0.2, 0.25) is 13.1 Å². The van der Waals surface area contributed by atoms with Crippen LogP contribution in [-0.2, 0) is 0 Å². The van der Waals surface area contributed by atoms with E-state index in [1.807, 2.05) is 6.07 Å². The molecule has 9 rings (SSSR count). The van der Waals surface area contributed by atoms with E-state index in [2.05, 4.69) is 171 Å². The van der Waals surface area contributed by atoms with Crippen LogP contribution >= 0.6 is 0 Å². The highest BCUT2D eigenvalue weighted by Gasteiger charge is 2.38. The lowest BCUT2D eigenvalue weighted by Gasteiger charge is -2.18. The molecule has 0 spiro atoms. The van der Waals surface area contributed by atoms with E-state index < -0.39 is 8.07 Å². The Hall–Kier alpha value is -5.97. The number of rotatable bonds is 5. The van der Waals surface area contributed by atoms with Gasteiger partial charge in [-0.05, 0) is 60.6 Å². The minimum absolute atomic E-state index is 0.662. The summed E-state index contributed by atoms with van der Waals surface area (Å²) >= 11 is 0. The largest absolute Gasteiger partial charge is 0.208 e. The van der Waals surface area contributed by atoms with E-state index in [0.29, 0.717) is 17.5 Å². The van der Waals surface area contributed by atoms with Crippen LogP contribution in [0.4, 0.5) is 0 Å². The lowest BCUT2D eigenvalue weighted by molar-refractivity contribution is 1.07. The first kappa shape index (κ1) is 29.2. The molecule has 0 radical (unpaired) electrons. The molecule has 1 aliphatic rings. The second-order valence-electron chi connectivity index (χ2n) is 13.3. The fraction of sp³-hybridized carbons (Fsp3) is 0.0444. The molecule has 0 amide bonds. The van der Waals surface area contributed by atoms with Gasteiger partial charge in [0.05, 0.1) is 0 Å². The van der Waals surface area contributed by atoms with Gasteiger partial charge >= 0.3 is 0 Å². The third-order valence-electron chi connectivity index (χ3n) is 9.96.